The van der Waals surface area contributed by atoms with Crippen LogP contribution < -0.4 is 16.6 Å². The molecule has 0 aromatic carbocycles. The summed E-state index contributed by atoms with van der Waals surface area (Å²) in [6.07, 6.45) is 3.71. The lowest BCUT2D eigenvalue weighted by molar-refractivity contribution is -0.122. The first-order chi connectivity index (χ1) is 13.3. The molecule has 1 fully saturated rings. The van der Waals surface area contributed by atoms with Crippen molar-refractivity contribution in [2.75, 3.05) is 0 Å². The van der Waals surface area contributed by atoms with Crippen LogP contribution in [0.3, 0.4) is 0 Å². The lowest BCUT2D eigenvalue weighted by Gasteiger charge is -2.27. The summed E-state index contributed by atoms with van der Waals surface area (Å²) >= 11 is 7.57. The van der Waals surface area contributed by atoms with Gasteiger partial charge in [-0.2, -0.15) is 5.10 Å². The van der Waals surface area contributed by atoms with E-state index in [1.165, 1.54) is 16.0 Å². The molecule has 150 valence electrons. The first-order valence-electron chi connectivity index (χ1n) is 9.60. The van der Waals surface area contributed by atoms with Gasteiger partial charge in [-0.3, -0.25) is 14.0 Å². The summed E-state index contributed by atoms with van der Waals surface area (Å²) in [5, 5.41) is 7.53. The number of thiophene rings is 1. The molecule has 3 heterocycles. The molecule has 3 N–H and O–H groups in total. The number of nitrogens with zero attached hydrogens (tertiary/aromatic N) is 3. The second-order valence-electron chi connectivity index (χ2n) is 7.83. The van der Waals surface area contributed by atoms with Crippen molar-refractivity contribution in [1.82, 2.24) is 19.5 Å². The molecule has 1 amide bonds. The molecule has 0 spiro atoms. The second-order valence-corrected chi connectivity index (χ2v) is 9.55. The number of carbonyl (C=O) groups is 1. The second kappa shape index (κ2) is 7.50. The van der Waals surface area contributed by atoms with E-state index in [2.05, 4.69) is 10.4 Å². The zero-order chi connectivity index (χ0) is 20.0. The van der Waals surface area contributed by atoms with Crippen LogP contribution in [0.15, 0.2) is 16.9 Å². The van der Waals surface area contributed by atoms with Crippen LogP contribution >= 0.6 is 22.9 Å². The van der Waals surface area contributed by atoms with Gasteiger partial charge in [0.05, 0.1) is 14.6 Å². The molecule has 9 heteroatoms. The van der Waals surface area contributed by atoms with Crippen LogP contribution in [0, 0.1) is 0 Å². The van der Waals surface area contributed by atoms with E-state index in [1.54, 1.807) is 0 Å². The summed E-state index contributed by atoms with van der Waals surface area (Å²) < 4.78 is 4.74. The van der Waals surface area contributed by atoms with Gasteiger partial charge in [-0.1, -0.05) is 25.4 Å². The summed E-state index contributed by atoms with van der Waals surface area (Å²) in [7, 11) is 0. The number of nitrogens with one attached hydrogen (secondary N) is 1. The summed E-state index contributed by atoms with van der Waals surface area (Å²) in [6, 6.07) is 3.88. The van der Waals surface area contributed by atoms with E-state index < -0.39 is 0 Å². The molecule has 3 aromatic rings. The molecule has 1 aliphatic carbocycles. The van der Waals surface area contributed by atoms with E-state index in [0.29, 0.717) is 9.85 Å². The van der Waals surface area contributed by atoms with Gasteiger partial charge in [0.2, 0.25) is 5.91 Å². The van der Waals surface area contributed by atoms with Crippen LogP contribution in [-0.2, 0) is 11.3 Å². The summed E-state index contributed by atoms with van der Waals surface area (Å²) in [5.41, 5.74) is 7.12. The van der Waals surface area contributed by atoms with Gasteiger partial charge in [-0.05, 0) is 37.8 Å². The highest BCUT2D eigenvalue weighted by Crippen LogP contribution is 2.32. The van der Waals surface area contributed by atoms with Crippen molar-refractivity contribution in [3.63, 3.8) is 0 Å². The van der Waals surface area contributed by atoms with Gasteiger partial charge in [0.25, 0.3) is 5.56 Å². The van der Waals surface area contributed by atoms with Crippen molar-refractivity contribution in [1.29, 1.82) is 0 Å². The first kappa shape index (κ1) is 19.4. The predicted molar refractivity (Wildman–Crippen MR) is 112 cm³/mol. The van der Waals surface area contributed by atoms with Crippen LogP contribution in [-0.4, -0.2) is 32.2 Å². The molecular weight excluding hydrogens is 398 g/mol. The minimum Gasteiger partial charge on any atom is -0.352 e. The molecule has 4 rings (SSSR count). The van der Waals surface area contributed by atoms with Crippen molar-refractivity contribution in [3.8, 4) is 0 Å². The average Bonchev–Trinajstić information content (AvgIpc) is 3.13. The lowest BCUT2D eigenvalue weighted by Crippen LogP contribution is -2.44. The fourth-order valence-corrected chi connectivity index (χ4v) is 5.12. The number of nitrogens with two attached hydrogens (primary N) is 1. The molecule has 1 aliphatic rings. The Hall–Kier alpha value is -1.90. The lowest BCUT2D eigenvalue weighted by atomic mass is 9.91. The fraction of sp³-hybridized carbons (Fsp3) is 0.526. The largest absolute Gasteiger partial charge is 0.352 e. The zero-order valence-electron chi connectivity index (χ0n) is 15.9. The third kappa shape index (κ3) is 3.56. The molecule has 0 saturated heterocycles. The van der Waals surface area contributed by atoms with Gasteiger partial charge in [0.15, 0.2) is 0 Å². The Morgan fingerprint density at radius 3 is 2.89 bits per heavy atom. The van der Waals surface area contributed by atoms with E-state index in [0.717, 1.165) is 41.7 Å². The van der Waals surface area contributed by atoms with Crippen molar-refractivity contribution in [2.45, 2.75) is 64.1 Å². The molecule has 28 heavy (non-hydrogen) atoms. The fourth-order valence-electron chi connectivity index (χ4n) is 3.96. The van der Waals surface area contributed by atoms with E-state index in [4.69, 9.17) is 17.3 Å². The van der Waals surface area contributed by atoms with Crippen LogP contribution in [0.5, 0.6) is 0 Å². The maximum absolute atomic E-state index is 13.0. The van der Waals surface area contributed by atoms with Crippen molar-refractivity contribution in [3.05, 3.63) is 32.6 Å². The zero-order valence-corrected chi connectivity index (χ0v) is 17.5. The standard InChI is InChI=1S/C19H24ClN5O2S/c1-10(2)18-23-24(9-17(26)22-12-5-3-4-11(21)6-12)19(27)14-7-15-13(25(14)18)8-16(20)28-15/h7-8,10-12H,3-6,9,21H2,1-2H3,(H,22,26)/t11-,12+/m1/s1. The van der Waals surface area contributed by atoms with Crippen molar-refractivity contribution < 1.29 is 4.79 Å². The van der Waals surface area contributed by atoms with Crippen LogP contribution in [0.4, 0.5) is 0 Å². The Morgan fingerprint density at radius 1 is 1.39 bits per heavy atom. The molecule has 0 aliphatic heterocycles. The highest BCUT2D eigenvalue weighted by atomic mass is 35.5. The minimum atomic E-state index is -0.278. The smallest absolute Gasteiger partial charge is 0.291 e. The normalized spacial score (nSPS) is 20.3. The molecule has 2 atom stereocenters. The number of rotatable bonds is 4. The van der Waals surface area contributed by atoms with Gasteiger partial charge < -0.3 is 11.1 Å². The number of hydrogen-bond acceptors (Lipinski definition) is 5. The third-order valence-electron chi connectivity index (χ3n) is 5.26. The highest BCUT2D eigenvalue weighted by molar-refractivity contribution is 7.22. The quantitative estimate of drug-likeness (QED) is 0.677. The van der Waals surface area contributed by atoms with Gasteiger partial charge in [-0.25, -0.2) is 4.68 Å². The monoisotopic (exact) mass is 421 g/mol. The number of carbonyl (C=O) groups excluding carboxylic acids is 1. The van der Waals surface area contributed by atoms with E-state index in [-0.39, 0.29) is 36.0 Å². The topological polar surface area (TPSA) is 94.4 Å². The maximum Gasteiger partial charge on any atom is 0.291 e. The third-order valence-corrected chi connectivity index (χ3v) is 6.46. The highest BCUT2D eigenvalue weighted by Gasteiger charge is 2.23. The minimum absolute atomic E-state index is 0.0704. The van der Waals surface area contributed by atoms with Gasteiger partial charge >= 0.3 is 0 Å². The molecule has 1 saturated carbocycles. The summed E-state index contributed by atoms with van der Waals surface area (Å²) in [6.45, 7) is 3.93. The van der Waals surface area contributed by atoms with Crippen molar-refractivity contribution in [2.24, 2.45) is 5.73 Å². The molecule has 0 unspecified atom stereocenters. The molecule has 7 nitrogen and oxygen atoms in total. The van der Waals surface area contributed by atoms with Crippen LogP contribution in [0.1, 0.15) is 51.3 Å². The van der Waals surface area contributed by atoms with Crippen LogP contribution in [0.2, 0.25) is 4.34 Å². The number of hydrogen-bond donors (Lipinski definition) is 2. The molecular formula is C19H24ClN5O2S. The van der Waals surface area contributed by atoms with Gasteiger partial charge in [-0.15, -0.1) is 11.3 Å². The Balaban J connectivity index is 1.68. The number of amides is 1. The van der Waals surface area contributed by atoms with Crippen molar-refractivity contribution >= 4 is 44.6 Å². The van der Waals surface area contributed by atoms with Gasteiger partial charge in [0, 0.05) is 18.0 Å². The van der Waals surface area contributed by atoms with Gasteiger partial charge in [0.1, 0.15) is 17.9 Å². The number of fused-ring (bicyclic) bond motifs is 3. The average molecular weight is 422 g/mol. The molecule has 0 bridgehead atoms. The Bertz CT molecular complexity index is 1100. The Morgan fingerprint density at radius 2 is 2.18 bits per heavy atom. The number of aromatic nitrogens is 3. The predicted octanol–water partition coefficient (Wildman–Crippen LogP) is 2.87. The summed E-state index contributed by atoms with van der Waals surface area (Å²) in [5.74, 6) is 0.596. The van der Waals surface area contributed by atoms with Crippen LogP contribution in [0.25, 0.3) is 15.7 Å². The molecule has 3 aromatic heterocycles. The number of halogens is 1. The summed E-state index contributed by atoms with van der Waals surface area (Å²) in [4.78, 5) is 25.5. The SMILES string of the molecule is CC(C)c1nn(CC(=O)N[C@H]2CCC[C@@H](N)C2)c(=O)c2cc3sc(Cl)cc3n12. The van der Waals surface area contributed by atoms with E-state index in [1.807, 2.05) is 30.4 Å². The van der Waals surface area contributed by atoms with E-state index in [9.17, 15) is 9.59 Å². The maximum atomic E-state index is 13.0. The first-order valence-corrected chi connectivity index (χ1v) is 10.8. The molecule has 0 radical (unpaired) electrons. The Kier molecular flexibility index (Phi) is 5.20. The Labute approximate surface area is 171 Å². The van der Waals surface area contributed by atoms with E-state index >= 15 is 0 Å².